The fraction of sp³-hybridized carbons (Fsp3) is 0.350. The van der Waals surface area contributed by atoms with Crippen molar-refractivity contribution in [1.29, 1.82) is 0 Å². The maximum atomic E-state index is 12.5. The van der Waals surface area contributed by atoms with E-state index in [0.717, 1.165) is 5.56 Å². The lowest BCUT2D eigenvalue weighted by molar-refractivity contribution is -0.139. The van der Waals surface area contributed by atoms with Gasteiger partial charge in [-0.25, -0.2) is 4.79 Å². The van der Waals surface area contributed by atoms with E-state index in [9.17, 15) is 14.4 Å². The minimum Gasteiger partial charge on any atom is -0.448 e. The molecule has 0 fully saturated rings. The minimum absolute atomic E-state index is 0.123. The molecule has 0 aliphatic rings. The second kappa shape index (κ2) is 7.99. The van der Waals surface area contributed by atoms with Crippen molar-refractivity contribution in [3.63, 3.8) is 0 Å². The average molecular weight is 356 g/mol. The highest BCUT2D eigenvalue weighted by molar-refractivity contribution is 6.01. The summed E-state index contributed by atoms with van der Waals surface area (Å²) in [4.78, 5) is 41.0. The molecule has 6 nitrogen and oxygen atoms in total. The van der Waals surface area contributed by atoms with Crippen molar-refractivity contribution in [2.24, 2.45) is 0 Å². The molecule has 0 radical (unpaired) electrons. The lowest BCUT2D eigenvalue weighted by Gasteiger charge is -2.21. The normalized spacial score (nSPS) is 11.7. The number of amides is 1. The molecule has 2 rings (SSSR count). The van der Waals surface area contributed by atoms with Crippen LogP contribution < -0.4 is 0 Å². The summed E-state index contributed by atoms with van der Waals surface area (Å²) in [6, 6.07) is 9.56. The van der Waals surface area contributed by atoms with Crippen LogP contribution in [0, 0.1) is 13.8 Å². The summed E-state index contributed by atoms with van der Waals surface area (Å²) in [7, 11) is 1.66. The molecular formula is C20H24N2O4. The van der Waals surface area contributed by atoms with E-state index in [1.165, 1.54) is 11.8 Å². The Kier molecular flexibility index (Phi) is 5.97. The van der Waals surface area contributed by atoms with Crippen molar-refractivity contribution in [1.82, 2.24) is 9.88 Å². The highest BCUT2D eigenvalue weighted by Crippen LogP contribution is 2.20. The number of carbonyl (C=O) groups is 3. The number of aromatic amines is 1. The highest BCUT2D eigenvalue weighted by Gasteiger charge is 2.26. The lowest BCUT2D eigenvalue weighted by atomic mass is 10.1. The number of rotatable bonds is 6. The van der Waals surface area contributed by atoms with Crippen LogP contribution in [0.25, 0.3) is 0 Å². The third kappa shape index (κ3) is 4.20. The fourth-order valence-corrected chi connectivity index (χ4v) is 3.00. The molecule has 0 spiro atoms. The summed E-state index contributed by atoms with van der Waals surface area (Å²) in [5.74, 6) is -1.07. The molecule has 1 atom stereocenters. The Morgan fingerprint density at radius 2 is 1.77 bits per heavy atom. The number of benzene rings is 1. The predicted octanol–water partition coefficient (Wildman–Crippen LogP) is 3.04. The van der Waals surface area contributed by atoms with Crippen molar-refractivity contribution >= 4 is 17.7 Å². The number of H-pyrrole nitrogens is 1. The smallest absolute Gasteiger partial charge is 0.355 e. The van der Waals surface area contributed by atoms with Crippen molar-refractivity contribution in [2.75, 3.05) is 7.05 Å². The minimum atomic E-state index is -0.931. The van der Waals surface area contributed by atoms with E-state index in [1.807, 2.05) is 30.3 Å². The Balaban J connectivity index is 2.05. The number of esters is 1. The predicted molar refractivity (Wildman–Crippen MR) is 98.1 cm³/mol. The number of likely N-dealkylation sites (N-methyl/N-ethyl adjacent to an activating group) is 1. The number of Topliss-reactive ketones (excluding diaryl/α,β-unsaturated/α-hetero) is 1. The second-order valence-corrected chi connectivity index (χ2v) is 6.41. The fourth-order valence-electron chi connectivity index (χ4n) is 3.00. The second-order valence-electron chi connectivity index (χ2n) is 6.41. The van der Waals surface area contributed by atoms with Crippen LogP contribution in [0.15, 0.2) is 30.3 Å². The van der Waals surface area contributed by atoms with Crippen LogP contribution in [0.3, 0.4) is 0 Å². The molecule has 0 bridgehead atoms. The van der Waals surface area contributed by atoms with Gasteiger partial charge in [-0.1, -0.05) is 30.3 Å². The molecule has 1 N–H and O–H groups in total. The van der Waals surface area contributed by atoms with Crippen molar-refractivity contribution in [3.05, 3.63) is 58.4 Å². The van der Waals surface area contributed by atoms with Crippen LogP contribution in [0.2, 0.25) is 0 Å². The monoisotopic (exact) mass is 356 g/mol. The third-order valence-electron chi connectivity index (χ3n) is 4.26. The molecule has 6 heteroatoms. The van der Waals surface area contributed by atoms with Gasteiger partial charge in [-0.05, 0) is 38.8 Å². The van der Waals surface area contributed by atoms with Crippen LogP contribution in [0.1, 0.15) is 51.5 Å². The van der Waals surface area contributed by atoms with E-state index in [-0.39, 0.29) is 17.4 Å². The third-order valence-corrected chi connectivity index (χ3v) is 4.26. The van der Waals surface area contributed by atoms with Crippen molar-refractivity contribution < 1.29 is 19.1 Å². The van der Waals surface area contributed by atoms with Crippen molar-refractivity contribution in [2.45, 2.75) is 40.3 Å². The number of nitrogens with zero attached hydrogens (tertiary/aromatic N) is 1. The molecule has 0 saturated carbocycles. The van der Waals surface area contributed by atoms with Gasteiger partial charge in [-0.2, -0.15) is 0 Å². The number of nitrogens with one attached hydrogen (secondary N) is 1. The zero-order chi connectivity index (χ0) is 19.4. The van der Waals surface area contributed by atoms with Crippen molar-refractivity contribution in [3.8, 4) is 0 Å². The Bertz CT molecular complexity index is 824. The Hall–Kier alpha value is -2.89. The summed E-state index contributed by atoms with van der Waals surface area (Å²) in [5, 5.41) is 0. The van der Waals surface area contributed by atoms with Crippen LogP contribution in [-0.4, -0.2) is 40.7 Å². The van der Waals surface area contributed by atoms with E-state index in [1.54, 1.807) is 27.8 Å². The quantitative estimate of drug-likeness (QED) is 0.637. The first-order valence-electron chi connectivity index (χ1n) is 8.42. The lowest BCUT2D eigenvalue weighted by Crippen LogP contribution is -2.37. The van der Waals surface area contributed by atoms with E-state index in [2.05, 4.69) is 4.98 Å². The van der Waals surface area contributed by atoms with Gasteiger partial charge in [-0.3, -0.25) is 9.59 Å². The summed E-state index contributed by atoms with van der Waals surface area (Å²) in [6.07, 6.45) is -0.931. The number of hydrogen-bond donors (Lipinski definition) is 1. The average Bonchev–Trinajstić information content (AvgIpc) is 2.89. The molecule has 1 aromatic carbocycles. The topological polar surface area (TPSA) is 79.5 Å². The first-order chi connectivity index (χ1) is 12.2. The van der Waals surface area contributed by atoms with E-state index in [0.29, 0.717) is 23.4 Å². The molecule has 138 valence electrons. The van der Waals surface area contributed by atoms with E-state index < -0.39 is 12.1 Å². The molecule has 0 unspecified atom stereocenters. The SMILES string of the molecule is CC(=O)c1c(C)[nH]c(C(=O)O[C@@H](C)C(=O)N(C)Cc2ccccc2)c1C. The van der Waals surface area contributed by atoms with Gasteiger partial charge in [0.05, 0.1) is 0 Å². The van der Waals surface area contributed by atoms with Gasteiger partial charge < -0.3 is 14.6 Å². The molecule has 0 aliphatic carbocycles. The Morgan fingerprint density at radius 3 is 2.31 bits per heavy atom. The zero-order valence-electron chi connectivity index (χ0n) is 15.8. The van der Waals surface area contributed by atoms with Gasteiger partial charge in [0.25, 0.3) is 5.91 Å². The van der Waals surface area contributed by atoms with Crippen LogP contribution in [-0.2, 0) is 16.1 Å². The number of carbonyl (C=O) groups excluding carboxylic acids is 3. The van der Waals surface area contributed by atoms with Gasteiger partial charge in [0.15, 0.2) is 11.9 Å². The van der Waals surface area contributed by atoms with Crippen LogP contribution in [0.4, 0.5) is 0 Å². The van der Waals surface area contributed by atoms with E-state index >= 15 is 0 Å². The maximum absolute atomic E-state index is 12.5. The number of aromatic nitrogens is 1. The number of ketones is 1. The first kappa shape index (κ1) is 19.4. The molecule has 26 heavy (non-hydrogen) atoms. The molecule has 1 aromatic heterocycles. The first-order valence-corrected chi connectivity index (χ1v) is 8.42. The molecule has 2 aromatic rings. The molecule has 1 heterocycles. The van der Waals surface area contributed by atoms with Gasteiger partial charge in [0.2, 0.25) is 0 Å². The Morgan fingerprint density at radius 1 is 1.15 bits per heavy atom. The van der Waals surface area contributed by atoms with Gasteiger partial charge in [-0.15, -0.1) is 0 Å². The maximum Gasteiger partial charge on any atom is 0.355 e. The molecule has 0 saturated heterocycles. The van der Waals surface area contributed by atoms with Gasteiger partial charge in [0.1, 0.15) is 5.69 Å². The standard InChI is InChI=1S/C20H24N2O4/c1-12-17(14(3)23)13(2)21-18(12)20(25)26-15(4)19(24)22(5)11-16-9-7-6-8-10-16/h6-10,15,21H,11H2,1-5H3/t15-/m0/s1. The zero-order valence-corrected chi connectivity index (χ0v) is 15.8. The molecular weight excluding hydrogens is 332 g/mol. The highest BCUT2D eigenvalue weighted by atomic mass is 16.5. The summed E-state index contributed by atoms with van der Waals surface area (Å²) in [6.45, 7) is 6.83. The van der Waals surface area contributed by atoms with Gasteiger partial charge in [0, 0.05) is 24.8 Å². The van der Waals surface area contributed by atoms with Crippen LogP contribution >= 0.6 is 0 Å². The van der Waals surface area contributed by atoms with E-state index in [4.69, 9.17) is 4.74 Å². The Labute approximate surface area is 153 Å². The van der Waals surface area contributed by atoms with Crippen LogP contribution in [0.5, 0.6) is 0 Å². The summed E-state index contributed by atoms with van der Waals surface area (Å²) in [5.41, 5.74) is 2.83. The number of aryl methyl sites for hydroxylation is 1. The summed E-state index contributed by atoms with van der Waals surface area (Å²) < 4.78 is 5.31. The number of hydrogen-bond acceptors (Lipinski definition) is 4. The molecule has 0 aliphatic heterocycles. The number of ether oxygens (including phenoxy) is 1. The van der Waals surface area contributed by atoms with Gasteiger partial charge >= 0.3 is 5.97 Å². The largest absolute Gasteiger partial charge is 0.448 e. The molecule has 1 amide bonds. The summed E-state index contributed by atoms with van der Waals surface area (Å²) >= 11 is 0.